The van der Waals surface area contributed by atoms with Crippen molar-refractivity contribution in [2.24, 2.45) is 17.8 Å². The first-order valence-electron chi connectivity index (χ1n) is 7.50. The Labute approximate surface area is 125 Å². The zero-order valence-electron chi connectivity index (χ0n) is 12.8. The number of hydrogen-bond acceptors (Lipinski definition) is 2. The van der Waals surface area contributed by atoms with Gasteiger partial charge < -0.3 is 10.4 Å². The van der Waals surface area contributed by atoms with Crippen LogP contribution in [0.25, 0.3) is 0 Å². The van der Waals surface area contributed by atoms with Gasteiger partial charge in [-0.2, -0.15) is 0 Å². The van der Waals surface area contributed by atoms with E-state index in [4.69, 9.17) is 5.11 Å². The van der Waals surface area contributed by atoms with Crippen molar-refractivity contribution in [3.8, 4) is 0 Å². The van der Waals surface area contributed by atoms with E-state index in [1.54, 1.807) is 0 Å². The van der Waals surface area contributed by atoms with Gasteiger partial charge >= 0.3 is 5.97 Å². The van der Waals surface area contributed by atoms with Crippen LogP contribution in [0.5, 0.6) is 0 Å². The Morgan fingerprint density at radius 1 is 1.19 bits per heavy atom. The molecule has 1 aromatic rings. The van der Waals surface area contributed by atoms with Gasteiger partial charge in [-0.15, -0.1) is 0 Å². The van der Waals surface area contributed by atoms with Gasteiger partial charge in [0.1, 0.15) is 0 Å². The lowest BCUT2D eigenvalue weighted by molar-refractivity contribution is -0.140. The normalized spacial score (nSPS) is 21.9. The topological polar surface area (TPSA) is 66.4 Å². The number of benzene rings is 1. The highest BCUT2D eigenvalue weighted by atomic mass is 16.4. The third-order valence-corrected chi connectivity index (χ3v) is 3.93. The standard InChI is InChI=1S/C17H23NO3/c1-10(2)8-12-4-6-13(7-5-12)11(3)18-16(19)14-9-15(14)17(20)21/h4-7,10-11,14-15H,8-9H2,1-3H3,(H,18,19)(H,20,21)/t11?,14-,15+/m1/s1. The Morgan fingerprint density at radius 2 is 1.81 bits per heavy atom. The zero-order chi connectivity index (χ0) is 15.6. The van der Waals surface area contributed by atoms with E-state index in [2.05, 4.69) is 31.3 Å². The summed E-state index contributed by atoms with van der Waals surface area (Å²) in [6.45, 7) is 6.30. The predicted molar refractivity (Wildman–Crippen MR) is 80.8 cm³/mol. The second-order valence-electron chi connectivity index (χ2n) is 6.36. The van der Waals surface area contributed by atoms with Gasteiger partial charge in [-0.1, -0.05) is 38.1 Å². The number of carboxylic acids is 1. The van der Waals surface area contributed by atoms with Crippen molar-refractivity contribution >= 4 is 11.9 Å². The fourth-order valence-corrected chi connectivity index (χ4v) is 2.58. The predicted octanol–water partition coefficient (Wildman–Crippen LogP) is 2.78. The molecule has 4 heteroatoms. The third kappa shape index (κ3) is 4.06. The molecule has 0 aromatic heterocycles. The molecular formula is C17H23NO3. The monoisotopic (exact) mass is 289 g/mol. The highest BCUT2D eigenvalue weighted by Crippen LogP contribution is 2.39. The lowest BCUT2D eigenvalue weighted by atomic mass is 10.00. The summed E-state index contributed by atoms with van der Waals surface area (Å²) in [6.07, 6.45) is 1.50. The molecule has 1 aliphatic carbocycles. The van der Waals surface area contributed by atoms with Crippen LogP contribution in [0.1, 0.15) is 44.4 Å². The maximum atomic E-state index is 11.9. The maximum Gasteiger partial charge on any atom is 0.307 e. The number of carbonyl (C=O) groups excluding carboxylic acids is 1. The molecule has 1 fully saturated rings. The molecule has 2 rings (SSSR count). The van der Waals surface area contributed by atoms with Crippen LogP contribution in [0.3, 0.4) is 0 Å². The van der Waals surface area contributed by atoms with E-state index in [1.807, 2.05) is 19.1 Å². The number of carboxylic acid groups (broad SMARTS) is 1. The van der Waals surface area contributed by atoms with Crippen LogP contribution in [-0.4, -0.2) is 17.0 Å². The number of hydrogen-bond donors (Lipinski definition) is 2. The summed E-state index contributed by atoms with van der Waals surface area (Å²) in [5, 5.41) is 11.7. The summed E-state index contributed by atoms with van der Waals surface area (Å²) in [7, 11) is 0. The number of rotatable bonds is 6. The van der Waals surface area contributed by atoms with Crippen LogP contribution < -0.4 is 5.32 Å². The van der Waals surface area contributed by atoms with E-state index in [-0.39, 0.29) is 17.9 Å². The molecular weight excluding hydrogens is 266 g/mol. The summed E-state index contributed by atoms with van der Waals surface area (Å²) in [6, 6.07) is 8.15. The molecule has 1 saturated carbocycles. The second-order valence-corrected chi connectivity index (χ2v) is 6.36. The lowest BCUT2D eigenvalue weighted by Gasteiger charge is -2.15. The van der Waals surface area contributed by atoms with Gasteiger partial charge in [-0.3, -0.25) is 9.59 Å². The number of carbonyl (C=O) groups is 2. The van der Waals surface area contributed by atoms with Crippen molar-refractivity contribution < 1.29 is 14.7 Å². The van der Waals surface area contributed by atoms with Crippen LogP contribution in [0.15, 0.2) is 24.3 Å². The first-order chi connectivity index (χ1) is 9.88. The highest BCUT2D eigenvalue weighted by molar-refractivity contribution is 5.89. The summed E-state index contributed by atoms with van der Waals surface area (Å²) >= 11 is 0. The van der Waals surface area contributed by atoms with Gasteiger partial charge in [0.05, 0.1) is 17.9 Å². The van der Waals surface area contributed by atoms with Gasteiger partial charge in [0, 0.05) is 0 Å². The molecule has 21 heavy (non-hydrogen) atoms. The molecule has 2 N–H and O–H groups in total. The Balaban J connectivity index is 1.90. The Morgan fingerprint density at radius 3 is 2.29 bits per heavy atom. The smallest absolute Gasteiger partial charge is 0.307 e. The minimum absolute atomic E-state index is 0.0966. The average Bonchev–Trinajstić information content (AvgIpc) is 3.19. The molecule has 0 aliphatic heterocycles. The number of aliphatic carboxylic acids is 1. The molecule has 1 amide bonds. The van der Waals surface area contributed by atoms with Gasteiger partial charge in [-0.25, -0.2) is 0 Å². The van der Waals surface area contributed by atoms with Crippen LogP contribution in [0.2, 0.25) is 0 Å². The van der Waals surface area contributed by atoms with E-state index in [1.165, 1.54) is 5.56 Å². The van der Waals surface area contributed by atoms with Crippen molar-refractivity contribution in [2.75, 3.05) is 0 Å². The van der Waals surface area contributed by atoms with Gasteiger partial charge in [0.2, 0.25) is 5.91 Å². The first kappa shape index (κ1) is 15.5. The molecule has 4 nitrogen and oxygen atoms in total. The number of amides is 1. The quantitative estimate of drug-likeness (QED) is 0.846. The maximum absolute atomic E-state index is 11.9. The summed E-state index contributed by atoms with van der Waals surface area (Å²) in [4.78, 5) is 22.7. The Hall–Kier alpha value is -1.84. The summed E-state index contributed by atoms with van der Waals surface area (Å²) in [5.74, 6) is -1.26. The van der Waals surface area contributed by atoms with E-state index in [9.17, 15) is 9.59 Å². The van der Waals surface area contributed by atoms with Crippen molar-refractivity contribution in [1.82, 2.24) is 5.32 Å². The van der Waals surface area contributed by atoms with Crippen molar-refractivity contribution in [2.45, 2.75) is 39.7 Å². The fourth-order valence-electron chi connectivity index (χ4n) is 2.58. The van der Waals surface area contributed by atoms with E-state index >= 15 is 0 Å². The molecule has 0 bridgehead atoms. The number of nitrogens with one attached hydrogen (secondary N) is 1. The van der Waals surface area contributed by atoms with Crippen LogP contribution in [0, 0.1) is 17.8 Å². The van der Waals surface area contributed by atoms with Crippen molar-refractivity contribution in [3.05, 3.63) is 35.4 Å². The van der Waals surface area contributed by atoms with Crippen molar-refractivity contribution in [1.29, 1.82) is 0 Å². The second kappa shape index (κ2) is 6.29. The van der Waals surface area contributed by atoms with Gasteiger partial charge in [0.25, 0.3) is 0 Å². The van der Waals surface area contributed by atoms with Crippen LogP contribution in [0.4, 0.5) is 0 Å². The van der Waals surface area contributed by atoms with E-state index in [0.717, 1.165) is 12.0 Å². The van der Waals surface area contributed by atoms with Crippen molar-refractivity contribution in [3.63, 3.8) is 0 Å². The zero-order valence-corrected chi connectivity index (χ0v) is 12.8. The highest BCUT2D eigenvalue weighted by Gasteiger charge is 2.48. The molecule has 3 atom stereocenters. The van der Waals surface area contributed by atoms with Gasteiger partial charge in [-0.05, 0) is 36.8 Å². The third-order valence-electron chi connectivity index (χ3n) is 3.93. The minimum Gasteiger partial charge on any atom is -0.481 e. The van der Waals surface area contributed by atoms with Crippen LogP contribution in [-0.2, 0) is 16.0 Å². The molecule has 0 saturated heterocycles. The molecule has 114 valence electrons. The molecule has 1 aromatic carbocycles. The minimum atomic E-state index is -0.874. The SMILES string of the molecule is CC(C)Cc1ccc(C(C)NC(=O)[C@@H]2C[C@@H]2C(=O)O)cc1. The molecule has 0 spiro atoms. The Bertz CT molecular complexity index is 521. The van der Waals surface area contributed by atoms with Crippen LogP contribution >= 0.6 is 0 Å². The molecule has 0 radical (unpaired) electrons. The largest absolute Gasteiger partial charge is 0.481 e. The summed E-state index contributed by atoms with van der Waals surface area (Å²) in [5.41, 5.74) is 2.34. The van der Waals surface area contributed by atoms with E-state index < -0.39 is 11.9 Å². The molecule has 0 heterocycles. The first-order valence-corrected chi connectivity index (χ1v) is 7.50. The Kier molecular flexibility index (Phi) is 4.66. The molecule has 1 unspecified atom stereocenters. The molecule has 1 aliphatic rings. The summed E-state index contributed by atoms with van der Waals surface area (Å²) < 4.78 is 0. The fraction of sp³-hybridized carbons (Fsp3) is 0.529. The lowest BCUT2D eigenvalue weighted by Crippen LogP contribution is -2.29. The van der Waals surface area contributed by atoms with Gasteiger partial charge in [0.15, 0.2) is 0 Å². The average molecular weight is 289 g/mol. The van der Waals surface area contributed by atoms with E-state index in [0.29, 0.717) is 12.3 Å².